The molecule has 1 amide bonds. The van der Waals surface area contributed by atoms with E-state index in [0.29, 0.717) is 30.4 Å². The summed E-state index contributed by atoms with van der Waals surface area (Å²) < 4.78 is 5.29. The number of nitrogen functional groups attached to an aromatic ring is 1. The second-order valence-corrected chi connectivity index (χ2v) is 7.26. The average molecular weight is 388 g/mol. The van der Waals surface area contributed by atoms with Gasteiger partial charge in [-0.15, -0.1) is 5.10 Å². The van der Waals surface area contributed by atoms with Crippen LogP contribution in [0.2, 0.25) is 0 Å². The fourth-order valence-corrected chi connectivity index (χ4v) is 3.74. The number of piperidine rings is 1. The van der Waals surface area contributed by atoms with Crippen LogP contribution in [0, 0.1) is 0 Å². The van der Waals surface area contributed by atoms with Crippen molar-refractivity contribution in [2.45, 2.75) is 18.8 Å². The van der Waals surface area contributed by atoms with Crippen LogP contribution >= 0.6 is 0 Å². The highest BCUT2D eigenvalue weighted by Gasteiger charge is 2.25. The zero-order valence-corrected chi connectivity index (χ0v) is 16.4. The highest BCUT2D eigenvalue weighted by Crippen LogP contribution is 2.28. The summed E-state index contributed by atoms with van der Waals surface area (Å²) in [6.45, 7) is 1.43. The van der Waals surface area contributed by atoms with E-state index in [2.05, 4.69) is 10.2 Å². The molecule has 1 aliphatic rings. The molecule has 4 rings (SSSR count). The number of carbonyl (C=O) groups is 1. The van der Waals surface area contributed by atoms with Crippen LogP contribution in [-0.4, -0.2) is 41.2 Å². The Bertz CT molecular complexity index is 979. The topological polar surface area (TPSA) is 81.3 Å². The van der Waals surface area contributed by atoms with Crippen molar-refractivity contribution in [1.82, 2.24) is 15.1 Å². The third kappa shape index (κ3) is 4.21. The minimum Gasteiger partial charge on any atom is -0.497 e. The summed E-state index contributed by atoms with van der Waals surface area (Å²) in [6.07, 6.45) is 1.76. The van der Waals surface area contributed by atoms with Crippen LogP contribution in [-0.2, 0) is 0 Å². The molecule has 0 aliphatic carbocycles. The molecule has 1 aliphatic heterocycles. The van der Waals surface area contributed by atoms with Crippen molar-refractivity contribution < 1.29 is 9.53 Å². The Balaban J connectivity index is 1.40. The Morgan fingerprint density at radius 1 is 1.00 bits per heavy atom. The van der Waals surface area contributed by atoms with Crippen molar-refractivity contribution in [3.8, 4) is 16.9 Å². The second-order valence-electron chi connectivity index (χ2n) is 7.26. The summed E-state index contributed by atoms with van der Waals surface area (Å²) >= 11 is 0. The molecule has 2 N–H and O–H groups in total. The lowest BCUT2D eigenvalue weighted by molar-refractivity contribution is 0.0712. The number of rotatable bonds is 4. The molecule has 1 fully saturated rings. The van der Waals surface area contributed by atoms with Crippen molar-refractivity contribution in [1.29, 1.82) is 0 Å². The Morgan fingerprint density at radius 3 is 2.41 bits per heavy atom. The van der Waals surface area contributed by atoms with Gasteiger partial charge in [0.1, 0.15) is 11.6 Å². The first kappa shape index (κ1) is 18.9. The molecule has 29 heavy (non-hydrogen) atoms. The van der Waals surface area contributed by atoms with E-state index in [1.165, 1.54) is 0 Å². The molecule has 0 saturated carbocycles. The van der Waals surface area contributed by atoms with Crippen LogP contribution in [0.5, 0.6) is 5.75 Å². The number of aromatic nitrogens is 2. The number of likely N-dealkylation sites (tertiary alicyclic amines) is 1. The van der Waals surface area contributed by atoms with E-state index >= 15 is 0 Å². The minimum absolute atomic E-state index is 0.0732. The van der Waals surface area contributed by atoms with E-state index in [1.54, 1.807) is 13.2 Å². The van der Waals surface area contributed by atoms with E-state index in [1.807, 2.05) is 59.5 Å². The number of hydrogen-bond donors (Lipinski definition) is 1. The number of carbonyl (C=O) groups excluding carboxylic acids is 1. The first-order valence-electron chi connectivity index (χ1n) is 9.77. The van der Waals surface area contributed by atoms with Crippen molar-refractivity contribution in [2.75, 3.05) is 25.9 Å². The Labute approximate surface area is 170 Å². The fraction of sp³-hybridized carbons (Fsp3) is 0.261. The van der Waals surface area contributed by atoms with Gasteiger partial charge in [0.2, 0.25) is 0 Å². The predicted octanol–water partition coefficient (Wildman–Crippen LogP) is 3.75. The standard InChI is InChI=1S/C23H24N4O2/c1-29-20-4-2-3-19(15-20)16-5-7-18(8-6-16)23(28)27-13-11-17(12-14-27)21-9-10-22(24)26-25-21/h2-10,15,17H,11-14H2,1H3,(H2,24,26). The van der Waals surface area contributed by atoms with Gasteiger partial charge in [-0.3, -0.25) is 4.79 Å². The molecule has 1 aromatic heterocycles. The van der Waals surface area contributed by atoms with Gasteiger partial charge in [0.05, 0.1) is 12.8 Å². The maximum absolute atomic E-state index is 12.9. The lowest BCUT2D eigenvalue weighted by Gasteiger charge is -2.31. The number of nitrogens with zero attached hydrogens (tertiary/aromatic N) is 3. The quantitative estimate of drug-likeness (QED) is 0.736. The molecule has 6 nitrogen and oxygen atoms in total. The van der Waals surface area contributed by atoms with Gasteiger partial charge >= 0.3 is 0 Å². The minimum atomic E-state index is 0.0732. The second kappa shape index (κ2) is 8.31. The summed E-state index contributed by atoms with van der Waals surface area (Å²) in [7, 11) is 1.66. The van der Waals surface area contributed by atoms with Crippen LogP contribution in [0.15, 0.2) is 60.7 Å². The van der Waals surface area contributed by atoms with E-state index in [9.17, 15) is 4.79 Å². The molecule has 148 valence electrons. The maximum atomic E-state index is 12.9. The molecule has 2 heterocycles. The molecule has 1 saturated heterocycles. The van der Waals surface area contributed by atoms with Crippen molar-refractivity contribution in [3.05, 3.63) is 71.9 Å². The molecule has 2 aromatic carbocycles. The van der Waals surface area contributed by atoms with Crippen LogP contribution in [0.4, 0.5) is 5.82 Å². The van der Waals surface area contributed by atoms with Gasteiger partial charge in [-0.1, -0.05) is 24.3 Å². The average Bonchev–Trinajstić information content (AvgIpc) is 2.79. The molecule has 0 spiro atoms. The fourth-order valence-electron chi connectivity index (χ4n) is 3.74. The number of methoxy groups -OCH3 is 1. The smallest absolute Gasteiger partial charge is 0.253 e. The summed E-state index contributed by atoms with van der Waals surface area (Å²) in [6, 6.07) is 19.4. The lowest BCUT2D eigenvalue weighted by Crippen LogP contribution is -2.38. The molecular weight excluding hydrogens is 364 g/mol. The third-order valence-electron chi connectivity index (χ3n) is 5.44. The summed E-state index contributed by atoms with van der Waals surface area (Å²) in [4.78, 5) is 14.8. The lowest BCUT2D eigenvalue weighted by atomic mass is 9.93. The summed E-state index contributed by atoms with van der Waals surface area (Å²) in [5, 5.41) is 8.13. The van der Waals surface area contributed by atoms with Gasteiger partial charge in [-0.25, -0.2) is 0 Å². The number of nitrogens with two attached hydrogens (primary N) is 1. The largest absolute Gasteiger partial charge is 0.497 e. The van der Waals surface area contributed by atoms with Crippen LogP contribution in [0.3, 0.4) is 0 Å². The zero-order chi connectivity index (χ0) is 20.2. The number of amides is 1. The number of anilines is 1. The molecule has 0 bridgehead atoms. The van der Waals surface area contributed by atoms with Gasteiger partial charge in [-0.05, 0) is 60.4 Å². The zero-order valence-electron chi connectivity index (χ0n) is 16.4. The van der Waals surface area contributed by atoms with E-state index in [-0.39, 0.29) is 5.91 Å². The number of benzene rings is 2. The third-order valence-corrected chi connectivity index (χ3v) is 5.44. The summed E-state index contributed by atoms with van der Waals surface area (Å²) in [5.74, 6) is 1.64. The molecule has 0 atom stereocenters. The van der Waals surface area contributed by atoms with Crippen molar-refractivity contribution in [3.63, 3.8) is 0 Å². The first-order chi connectivity index (χ1) is 14.1. The van der Waals surface area contributed by atoms with E-state index in [4.69, 9.17) is 10.5 Å². The van der Waals surface area contributed by atoms with Gasteiger partial charge < -0.3 is 15.4 Å². The van der Waals surface area contributed by atoms with E-state index < -0.39 is 0 Å². The van der Waals surface area contributed by atoms with Crippen LogP contribution < -0.4 is 10.5 Å². The van der Waals surface area contributed by atoms with Gasteiger partial charge in [0, 0.05) is 24.6 Å². The molecule has 6 heteroatoms. The van der Waals surface area contributed by atoms with E-state index in [0.717, 1.165) is 35.4 Å². The van der Waals surface area contributed by atoms with Gasteiger partial charge in [0.25, 0.3) is 5.91 Å². The highest BCUT2D eigenvalue weighted by molar-refractivity contribution is 5.94. The molecule has 0 radical (unpaired) electrons. The SMILES string of the molecule is COc1cccc(-c2ccc(C(=O)N3CCC(c4ccc(N)nn4)CC3)cc2)c1. The van der Waals surface area contributed by atoms with Gasteiger partial charge in [-0.2, -0.15) is 5.10 Å². The monoisotopic (exact) mass is 388 g/mol. The Kier molecular flexibility index (Phi) is 5.42. The number of ether oxygens (including phenoxy) is 1. The summed E-state index contributed by atoms with van der Waals surface area (Å²) in [5.41, 5.74) is 9.40. The molecule has 0 unspecified atom stereocenters. The normalized spacial score (nSPS) is 14.6. The van der Waals surface area contributed by atoms with Gasteiger partial charge in [0.15, 0.2) is 0 Å². The first-order valence-corrected chi connectivity index (χ1v) is 9.77. The maximum Gasteiger partial charge on any atom is 0.253 e. The predicted molar refractivity (Wildman–Crippen MR) is 113 cm³/mol. The number of hydrogen-bond acceptors (Lipinski definition) is 5. The van der Waals surface area contributed by atoms with Crippen molar-refractivity contribution in [2.24, 2.45) is 0 Å². The molecule has 3 aromatic rings. The molecular formula is C23H24N4O2. The Morgan fingerprint density at radius 2 is 1.76 bits per heavy atom. The van der Waals surface area contributed by atoms with Crippen molar-refractivity contribution >= 4 is 11.7 Å². The highest BCUT2D eigenvalue weighted by atomic mass is 16.5. The van der Waals surface area contributed by atoms with Crippen LogP contribution in [0.1, 0.15) is 34.8 Å². The Hall–Kier alpha value is -3.41. The van der Waals surface area contributed by atoms with Crippen LogP contribution in [0.25, 0.3) is 11.1 Å².